The first kappa shape index (κ1) is 13.1. The molecule has 6 nitrogen and oxygen atoms in total. The number of rotatable bonds is 5. The van der Waals surface area contributed by atoms with Crippen LogP contribution >= 0.6 is 0 Å². The SMILES string of the molecule is CCC(C)C(NC(=O)c1ccnnc1)C(=O)O. The lowest BCUT2D eigenvalue weighted by atomic mass is 9.99. The molecule has 0 aliphatic heterocycles. The average Bonchev–Trinajstić information content (AvgIpc) is 2.35. The molecule has 17 heavy (non-hydrogen) atoms. The Morgan fingerprint density at radius 2 is 2.18 bits per heavy atom. The van der Waals surface area contributed by atoms with Crippen LogP contribution in [0.5, 0.6) is 0 Å². The number of hydrogen-bond donors (Lipinski definition) is 2. The third-order valence-corrected chi connectivity index (χ3v) is 2.61. The van der Waals surface area contributed by atoms with Crippen molar-refractivity contribution in [1.29, 1.82) is 0 Å². The normalized spacial score (nSPS) is 13.8. The molecule has 0 aromatic carbocycles. The van der Waals surface area contributed by atoms with E-state index in [2.05, 4.69) is 15.5 Å². The summed E-state index contributed by atoms with van der Waals surface area (Å²) in [4.78, 5) is 22.8. The minimum absolute atomic E-state index is 0.133. The molecule has 1 heterocycles. The van der Waals surface area contributed by atoms with Crippen LogP contribution in [0.25, 0.3) is 0 Å². The fraction of sp³-hybridized carbons (Fsp3) is 0.455. The number of carbonyl (C=O) groups is 2. The molecule has 1 aromatic heterocycles. The van der Waals surface area contributed by atoms with Crippen LogP contribution in [0.3, 0.4) is 0 Å². The Balaban J connectivity index is 2.75. The van der Waals surface area contributed by atoms with E-state index in [0.717, 1.165) is 0 Å². The van der Waals surface area contributed by atoms with Crippen LogP contribution in [0.4, 0.5) is 0 Å². The van der Waals surface area contributed by atoms with Crippen molar-refractivity contribution < 1.29 is 14.7 Å². The Morgan fingerprint density at radius 1 is 1.47 bits per heavy atom. The summed E-state index contributed by atoms with van der Waals surface area (Å²) in [5, 5.41) is 18.6. The summed E-state index contributed by atoms with van der Waals surface area (Å²) < 4.78 is 0. The highest BCUT2D eigenvalue weighted by molar-refractivity contribution is 5.96. The molecular weight excluding hydrogens is 222 g/mol. The van der Waals surface area contributed by atoms with E-state index in [0.29, 0.717) is 12.0 Å². The number of aliphatic carboxylic acids is 1. The molecule has 2 N–H and O–H groups in total. The Labute approximate surface area is 99.1 Å². The number of nitrogens with zero attached hydrogens (tertiary/aromatic N) is 2. The van der Waals surface area contributed by atoms with Gasteiger partial charge in [-0.2, -0.15) is 10.2 Å². The van der Waals surface area contributed by atoms with Crippen LogP contribution < -0.4 is 5.32 Å². The maximum Gasteiger partial charge on any atom is 0.326 e. The molecule has 0 bridgehead atoms. The van der Waals surface area contributed by atoms with Crippen molar-refractivity contribution >= 4 is 11.9 Å². The van der Waals surface area contributed by atoms with Crippen LogP contribution in [0.15, 0.2) is 18.5 Å². The third-order valence-electron chi connectivity index (χ3n) is 2.61. The van der Waals surface area contributed by atoms with E-state index in [1.807, 2.05) is 6.92 Å². The van der Waals surface area contributed by atoms with Crippen molar-refractivity contribution in [2.45, 2.75) is 26.3 Å². The summed E-state index contributed by atoms with van der Waals surface area (Å²) in [5.41, 5.74) is 0.301. The van der Waals surface area contributed by atoms with Gasteiger partial charge in [0.15, 0.2) is 0 Å². The molecule has 0 aliphatic carbocycles. The maximum absolute atomic E-state index is 11.7. The smallest absolute Gasteiger partial charge is 0.326 e. The van der Waals surface area contributed by atoms with E-state index in [4.69, 9.17) is 5.11 Å². The minimum atomic E-state index is -1.03. The quantitative estimate of drug-likeness (QED) is 0.786. The zero-order valence-electron chi connectivity index (χ0n) is 9.75. The average molecular weight is 237 g/mol. The van der Waals surface area contributed by atoms with Crippen LogP contribution in [0, 0.1) is 5.92 Å². The summed E-state index contributed by atoms with van der Waals surface area (Å²) >= 11 is 0. The van der Waals surface area contributed by atoms with E-state index in [9.17, 15) is 9.59 Å². The van der Waals surface area contributed by atoms with Gasteiger partial charge in [0.25, 0.3) is 5.91 Å². The fourth-order valence-corrected chi connectivity index (χ4v) is 1.33. The Kier molecular flexibility index (Phi) is 4.56. The van der Waals surface area contributed by atoms with Gasteiger partial charge in [-0.25, -0.2) is 4.79 Å². The van der Waals surface area contributed by atoms with Gasteiger partial charge < -0.3 is 10.4 Å². The Hall–Kier alpha value is -1.98. The van der Waals surface area contributed by atoms with E-state index < -0.39 is 17.9 Å². The molecular formula is C11H15N3O3. The van der Waals surface area contributed by atoms with E-state index in [-0.39, 0.29) is 5.92 Å². The first-order chi connectivity index (χ1) is 8.06. The molecule has 1 rings (SSSR count). The highest BCUT2D eigenvalue weighted by Gasteiger charge is 2.25. The number of carboxylic acid groups (broad SMARTS) is 1. The molecule has 1 aromatic rings. The van der Waals surface area contributed by atoms with Crippen molar-refractivity contribution in [3.8, 4) is 0 Å². The van der Waals surface area contributed by atoms with Crippen molar-refractivity contribution in [2.75, 3.05) is 0 Å². The number of hydrogen-bond acceptors (Lipinski definition) is 4. The van der Waals surface area contributed by atoms with Crippen LogP contribution in [0.1, 0.15) is 30.6 Å². The van der Waals surface area contributed by atoms with E-state index in [1.54, 1.807) is 6.92 Å². The summed E-state index contributed by atoms with van der Waals surface area (Å²) in [6, 6.07) is 0.596. The van der Waals surface area contributed by atoms with Gasteiger partial charge >= 0.3 is 5.97 Å². The monoisotopic (exact) mass is 237 g/mol. The molecule has 1 amide bonds. The first-order valence-electron chi connectivity index (χ1n) is 5.36. The second-order valence-electron chi connectivity index (χ2n) is 3.81. The summed E-state index contributed by atoms with van der Waals surface area (Å²) in [6.07, 6.45) is 3.35. The van der Waals surface area contributed by atoms with E-state index >= 15 is 0 Å². The van der Waals surface area contributed by atoms with Gasteiger partial charge in [0.1, 0.15) is 6.04 Å². The highest BCUT2D eigenvalue weighted by Crippen LogP contribution is 2.08. The van der Waals surface area contributed by atoms with Gasteiger partial charge in [-0.3, -0.25) is 4.79 Å². The van der Waals surface area contributed by atoms with Gasteiger partial charge in [0, 0.05) is 0 Å². The van der Waals surface area contributed by atoms with Crippen LogP contribution in [-0.4, -0.2) is 33.2 Å². The molecule has 0 radical (unpaired) electrons. The topological polar surface area (TPSA) is 92.2 Å². The zero-order chi connectivity index (χ0) is 12.8. The number of amides is 1. The summed E-state index contributed by atoms with van der Waals surface area (Å²) in [7, 11) is 0. The highest BCUT2D eigenvalue weighted by atomic mass is 16.4. The lowest BCUT2D eigenvalue weighted by Crippen LogP contribution is -2.45. The summed E-state index contributed by atoms with van der Waals surface area (Å²) in [5.74, 6) is -1.62. The Morgan fingerprint density at radius 3 is 2.65 bits per heavy atom. The maximum atomic E-state index is 11.7. The van der Waals surface area contributed by atoms with Crippen molar-refractivity contribution in [3.63, 3.8) is 0 Å². The number of aromatic nitrogens is 2. The molecule has 2 atom stereocenters. The standard InChI is InChI=1S/C11H15N3O3/c1-3-7(2)9(11(16)17)14-10(15)8-4-5-12-13-6-8/h4-7,9H,3H2,1-2H3,(H,14,15)(H,16,17). The molecule has 0 saturated heterocycles. The molecule has 0 fully saturated rings. The third kappa shape index (κ3) is 3.51. The number of carboxylic acids is 1. The number of carbonyl (C=O) groups excluding carboxylic acids is 1. The molecule has 0 aliphatic rings. The second kappa shape index (κ2) is 5.93. The Bertz CT molecular complexity index is 394. The van der Waals surface area contributed by atoms with Crippen molar-refractivity contribution in [2.24, 2.45) is 5.92 Å². The molecule has 92 valence electrons. The van der Waals surface area contributed by atoms with Gasteiger partial charge in [-0.1, -0.05) is 20.3 Å². The van der Waals surface area contributed by atoms with Gasteiger partial charge in [-0.15, -0.1) is 0 Å². The van der Waals surface area contributed by atoms with Crippen molar-refractivity contribution in [3.05, 3.63) is 24.0 Å². The zero-order valence-corrected chi connectivity index (χ0v) is 9.75. The number of nitrogens with one attached hydrogen (secondary N) is 1. The second-order valence-corrected chi connectivity index (χ2v) is 3.81. The summed E-state index contributed by atoms with van der Waals surface area (Å²) in [6.45, 7) is 3.66. The predicted octanol–water partition coefficient (Wildman–Crippen LogP) is 0.706. The molecule has 6 heteroatoms. The van der Waals surface area contributed by atoms with E-state index in [1.165, 1.54) is 18.5 Å². The predicted molar refractivity (Wildman–Crippen MR) is 60.4 cm³/mol. The van der Waals surface area contributed by atoms with Gasteiger partial charge in [0.05, 0.1) is 18.0 Å². The van der Waals surface area contributed by atoms with Gasteiger partial charge in [0.2, 0.25) is 0 Å². The lowest BCUT2D eigenvalue weighted by molar-refractivity contribution is -0.140. The largest absolute Gasteiger partial charge is 0.480 e. The molecule has 2 unspecified atom stereocenters. The lowest BCUT2D eigenvalue weighted by Gasteiger charge is -2.19. The minimum Gasteiger partial charge on any atom is -0.480 e. The molecule has 0 spiro atoms. The van der Waals surface area contributed by atoms with Crippen LogP contribution in [0.2, 0.25) is 0 Å². The first-order valence-corrected chi connectivity index (χ1v) is 5.36. The fourth-order valence-electron chi connectivity index (χ4n) is 1.33. The van der Waals surface area contributed by atoms with Gasteiger partial charge in [-0.05, 0) is 12.0 Å². The van der Waals surface area contributed by atoms with Crippen LogP contribution in [-0.2, 0) is 4.79 Å². The van der Waals surface area contributed by atoms with Crippen molar-refractivity contribution in [1.82, 2.24) is 15.5 Å². The molecule has 0 saturated carbocycles.